The molecule has 1 aromatic rings. The Morgan fingerprint density at radius 3 is 2.72 bits per heavy atom. The Labute approximate surface area is 115 Å². The molecule has 102 valence electrons. The van der Waals surface area contributed by atoms with Gasteiger partial charge in [-0.2, -0.15) is 5.10 Å². The summed E-state index contributed by atoms with van der Waals surface area (Å²) in [6.07, 6.45) is 7.17. The molecular formula is C14H24ClN3. The van der Waals surface area contributed by atoms with Crippen LogP contribution in [0.15, 0.2) is 0 Å². The molecule has 0 saturated heterocycles. The van der Waals surface area contributed by atoms with Gasteiger partial charge < -0.3 is 5.32 Å². The van der Waals surface area contributed by atoms with E-state index in [2.05, 4.69) is 24.4 Å². The molecule has 18 heavy (non-hydrogen) atoms. The lowest BCUT2D eigenvalue weighted by molar-refractivity contribution is 0.453. The highest BCUT2D eigenvalue weighted by Crippen LogP contribution is 2.34. The number of aryl methyl sites for hydroxylation is 2. The Morgan fingerprint density at radius 1 is 1.50 bits per heavy atom. The van der Waals surface area contributed by atoms with Gasteiger partial charge in [-0.15, -0.1) is 0 Å². The van der Waals surface area contributed by atoms with Crippen LogP contribution in [0.3, 0.4) is 0 Å². The molecule has 0 radical (unpaired) electrons. The highest BCUT2D eigenvalue weighted by molar-refractivity contribution is 6.31. The van der Waals surface area contributed by atoms with Crippen LogP contribution in [-0.2, 0) is 19.9 Å². The molecule has 2 rings (SSSR count). The molecule has 1 aliphatic carbocycles. The molecule has 1 unspecified atom stereocenters. The van der Waals surface area contributed by atoms with Gasteiger partial charge in [0.15, 0.2) is 0 Å². The number of hydrogen-bond donors (Lipinski definition) is 1. The summed E-state index contributed by atoms with van der Waals surface area (Å²) in [7, 11) is 4.08. The maximum Gasteiger partial charge on any atom is 0.0849 e. The van der Waals surface area contributed by atoms with Crippen LogP contribution >= 0.6 is 11.6 Å². The van der Waals surface area contributed by atoms with Gasteiger partial charge in [0.05, 0.1) is 16.4 Å². The smallest absolute Gasteiger partial charge is 0.0849 e. The maximum absolute atomic E-state index is 6.35. The molecule has 1 N–H and O–H groups in total. The highest BCUT2D eigenvalue weighted by Gasteiger charge is 2.29. The molecule has 0 amide bonds. The molecule has 1 atom stereocenters. The fourth-order valence-corrected chi connectivity index (χ4v) is 3.08. The topological polar surface area (TPSA) is 29.9 Å². The zero-order valence-electron chi connectivity index (χ0n) is 11.7. The monoisotopic (exact) mass is 269 g/mol. The SMILES string of the molecule is CCc1nn(C)c(CCCC(NC)C2CC2)c1Cl. The summed E-state index contributed by atoms with van der Waals surface area (Å²) in [5, 5.41) is 8.79. The number of hydrogen-bond acceptors (Lipinski definition) is 2. The molecule has 0 bridgehead atoms. The van der Waals surface area contributed by atoms with Crippen molar-refractivity contribution in [1.82, 2.24) is 15.1 Å². The first-order chi connectivity index (χ1) is 8.67. The van der Waals surface area contributed by atoms with E-state index in [0.717, 1.165) is 29.5 Å². The van der Waals surface area contributed by atoms with E-state index in [4.69, 9.17) is 11.6 Å². The van der Waals surface area contributed by atoms with Crippen molar-refractivity contribution in [2.75, 3.05) is 7.05 Å². The number of rotatable bonds is 7. The van der Waals surface area contributed by atoms with Gasteiger partial charge in [0.25, 0.3) is 0 Å². The third-order valence-corrected chi connectivity index (χ3v) is 4.43. The van der Waals surface area contributed by atoms with Crippen LogP contribution in [0.1, 0.15) is 44.0 Å². The molecule has 4 heteroatoms. The second-order valence-corrected chi connectivity index (χ2v) is 5.69. The first-order valence-electron chi connectivity index (χ1n) is 7.04. The van der Waals surface area contributed by atoms with E-state index in [1.54, 1.807) is 0 Å². The van der Waals surface area contributed by atoms with Crippen molar-refractivity contribution in [2.24, 2.45) is 13.0 Å². The molecular weight excluding hydrogens is 246 g/mol. The van der Waals surface area contributed by atoms with Gasteiger partial charge in [-0.1, -0.05) is 18.5 Å². The van der Waals surface area contributed by atoms with Gasteiger partial charge in [-0.25, -0.2) is 0 Å². The van der Waals surface area contributed by atoms with E-state index in [9.17, 15) is 0 Å². The zero-order valence-corrected chi connectivity index (χ0v) is 12.4. The number of nitrogens with one attached hydrogen (secondary N) is 1. The Morgan fingerprint density at radius 2 is 2.22 bits per heavy atom. The Bertz CT molecular complexity index is 396. The third kappa shape index (κ3) is 3.07. The van der Waals surface area contributed by atoms with Crippen molar-refractivity contribution < 1.29 is 0 Å². The number of halogens is 1. The average molecular weight is 270 g/mol. The van der Waals surface area contributed by atoms with Crippen LogP contribution in [0.25, 0.3) is 0 Å². The minimum absolute atomic E-state index is 0.697. The molecule has 1 aromatic heterocycles. The highest BCUT2D eigenvalue weighted by atomic mass is 35.5. The van der Waals surface area contributed by atoms with Crippen LogP contribution in [0.2, 0.25) is 5.02 Å². The molecule has 1 fully saturated rings. The average Bonchev–Trinajstić information content (AvgIpc) is 3.15. The summed E-state index contributed by atoms with van der Waals surface area (Å²) < 4.78 is 1.95. The van der Waals surface area contributed by atoms with E-state index >= 15 is 0 Å². The van der Waals surface area contributed by atoms with Crippen molar-refractivity contribution in [3.05, 3.63) is 16.4 Å². The van der Waals surface area contributed by atoms with Crippen LogP contribution in [0, 0.1) is 5.92 Å². The Hall–Kier alpha value is -0.540. The van der Waals surface area contributed by atoms with Crippen LogP contribution in [0.5, 0.6) is 0 Å². The van der Waals surface area contributed by atoms with Crippen LogP contribution < -0.4 is 5.32 Å². The van der Waals surface area contributed by atoms with Crippen molar-refractivity contribution in [2.45, 2.75) is 51.5 Å². The van der Waals surface area contributed by atoms with Gasteiger partial charge in [-0.3, -0.25) is 4.68 Å². The summed E-state index contributed by atoms with van der Waals surface area (Å²) in [6, 6.07) is 0.697. The van der Waals surface area contributed by atoms with Crippen molar-refractivity contribution >= 4 is 11.6 Å². The van der Waals surface area contributed by atoms with Gasteiger partial charge in [0.2, 0.25) is 0 Å². The van der Waals surface area contributed by atoms with Crippen molar-refractivity contribution in [3.8, 4) is 0 Å². The lowest BCUT2D eigenvalue weighted by Gasteiger charge is -2.14. The van der Waals surface area contributed by atoms with Gasteiger partial charge in [0.1, 0.15) is 0 Å². The summed E-state index contributed by atoms with van der Waals surface area (Å²) in [5.74, 6) is 0.920. The van der Waals surface area contributed by atoms with Crippen LogP contribution in [0.4, 0.5) is 0 Å². The second kappa shape index (κ2) is 6.07. The molecule has 1 heterocycles. The zero-order chi connectivity index (χ0) is 13.1. The first-order valence-corrected chi connectivity index (χ1v) is 7.42. The largest absolute Gasteiger partial charge is 0.317 e. The summed E-state index contributed by atoms with van der Waals surface area (Å²) in [5.41, 5.74) is 2.22. The van der Waals surface area contributed by atoms with Crippen molar-refractivity contribution in [3.63, 3.8) is 0 Å². The van der Waals surface area contributed by atoms with E-state index in [-0.39, 0.29) is 0 Å². The predicted molar refractivity (Wildman–Crippen MR) is 76.1 cm³/mol. The normalized spacial score (nSPS) is 17.1. The van der Waals surface area contributed by atoms with E-state index in [1.807, 2.05) is 11.7 Å². The fraction of sp³-hybridized carbons (Fsp3) is 0.786. The quantitative estimate of drug-likeness (QED) is 0.825. The summed E-state index contributed by atoms with van der Waals surface area (Å²) >= 11 is 6.35. The van der Waals surface area contributed by atoms with Crippen molar-refractivity contribution in [1.29, 1.82) is 0 Å². The summed E-state index contributed by atoms with van der Waals surface area (Å²) in [6.45, 7) is 2.10. The molecule has 1 aliphatic rings. The molecule has 1 saturated carbocycles. The lowest BCUT2D eigenvalue weighted by atomic mass is 10.0. The van der Waals surface area contributed by atoms with Gasteiger partial charge in [0, 0.05) is 13.1 Å². The predicted octanol–water partition coefficient (Wildman–Crippen LogP) is 2.96. The minimum atomic E-state index is 0.697. The second-order valence-electron chi connectivity index (χ2n) is 5.31. The minimum Gasteiger partial charge on any atom is -0.317 e. The molecule has 3 nitrogen and oxygen atoms in total. The summed E-state index contributed by atoms with van der Waals surface area (Å²) in [4.78, 5) is 0. The van der Waals surface area contributed by atoms with Gasteiger partial charge >= 0.3 is 0 Å². The van der Waals surface area contributed by atoms with E-state index in [0.29, 0.717) is 6.04 Å². The lowest BCUT2D eigenvalue weighted by Crippen LogP contribution is -2.27. The van der Waals surface area contributed by atoms with E-state index in [1.165, 1.54) is 31.4 Å². The first kappa shape index (κ1) is 13.9. The number of nitrogens with zero attached hydrogens (tertiary/aromatic N) is 2. The van der Waals surface area contributed by atoms with Crippen LogP contribution in [-0.4, -0.2) is 22.9 Å². The fourth-order valence-electron chi connectivity index (χ4n) is 2.70. The molecule has 0 aliphatic heterocycles. The van der Waals surface area contributed by atoms with Gasteiger partial charge in [-0.05, 0) is 51.5 Å². The Balaban J connectivity index is 1.87. The van der Waals surface area contributed by atoms with E-state index < -0.39 is 0 Å². The third-order valence-electron chi connectivity index (χ3n) is 3.99. The standard InChI is InChI=1S/C14H24ClN3/c1-4-11-14(15)13(18(3)17-11)7-5-6-12(16-2)10-8-9-10/h10,12,16H,4-9H2,1-3H3. The molecule has 0 spiro atoms. The Kier molecular flexibility index (Phi) is 4.68. The molecule has 0 aromatic carbocycles. The number of aromatic nitrogens is 2. The maximum atomic E-state index is 6.35.